The van der Waals surface area contributed by atoms with Crippen molar-refractivity contribution < 1.29 is 14.6 Å². The zero-order chi connectivity index (χ0) is 14.4. The van der Waals surface area contributed by atoms with Gasteiger partial charge in [-0.3, -0.25) is 4.79 Å². The molecule has 0 aromatic heterocycles. The van der Waals surface area contributed by atoms with E-state index >= 15 is 0 Å². The van der Waals surface area contributed by atoms with Crippen LogP contribution in [0.3, 0.4) is 0 Å². The van der Waals surface area contributed by atoms with Crippen LogP contribution in [0.5, 0.6) is 0 Å². The minimum absolute atomic E-state index is 0.0298. The van der Waals surface area contributed by atoms with Crippen LogP contribution in [-0.4, -0.2) is 35.4 Å². The van der Waals surface area contributed by atoms with Gasteiger partial charge in [0.15, 0.2) is 5.11 Å². The first-order valence-electron chi connectivity index (χ1n) is 6.60. The molecule has 108 valence electrons. The maximum atomic E-state index is 10.6. The molecule has 0 amide bonds. The van der Waals surface area contributed by atoms with E-state index in [-0.39, 0.29) is 12.5 Å². The van der Waals surface area contributed by atoms with Crippen molar-refractivity contribution in [3.63, 3.8) is 0 Å². The third-order valence-electron chi connectivity index (χ3n) is 3.08. The normalized spacial score (nSPS) is 17.7. The fourth-order valence-electron chi connectivity index (χ4n) is 2.07. The van der Waals surface area contributed by atoms with Crippen LogP contribution in [0.4, 0.5) is 5.69 Å². The average molecular weight is 294 g/mol. The Bertz CT molecular complexity index is 470. The number of thiocarbonyl (C=S) groups is 1. The Morgan fingerprint density at radius 1 is 1.40 bits per heavy atom. The largest absolute Gasteiger partial charge is 0.481 e. The molecule has 0 radical (unpaired) electrons. The van der Waals surface area contributed by atoms with Crippen LogP contribution in [0.25, 0.3) is 0 Å². The summed E-state index contributed by atoms with van der Waals surface area (Å²) >= 11 is 5.20. The van der Waals surface area contributed by atoms with Gasteiger partial charge in [0.2, 0.25) is 0 Å². The van der Waals surface area contributed by atoms with Crippen LogP contribution in [0.1, 0.15) is 18.4 Å². The van der Waals surface area contributed by atoms with Crippen LogP contribution >= 0.6 is 12.2 Å². The van der Waals surface area contributed by atoms with Gasteiger partial charge in [-0.2, -0.15) is 0 Å². The van der Waals surface area contributed by atoms with Crippen LogP contribution in [0, 0.1) is 0 Å². The number of benzene rings is 1. The number of rotatable bonds is 5. The Balaban J connectivity index is 1.76. The Kier molecular flexibility index (Phi) is 5.31. The van der Waals surface area contributed by atoms with Gasteiger partial charge in [-0.15, -0.1) is 0 Å². The minimum atomic E-state index is -0.834. The molecule has 6 heteroatoms. The number of carboxylic acids is 1. The SMILES string of the molecule is O=C(O)Cc1ccc(NC(=S)NC[C@H]2CCCO2)cc1. The summed E-state index contributed by atoms with van der Waals surface area (Å²) in [6.07, 6.45) is 2.45. The van der Waals surface area contributed by atoms with Gasteiger partial charge in [0, 0.05) is 18.8 Å². The molecule has 0 spiro atoms. The zero-order valence-electron chi connectivity index (χ0n) is 11.1. The lowest BCUT2D eigenvalue weighted by molar-refractivity contribution is -0.136. The Morgan fingerprint density at radius 2 is 2.15 bits per heavy atom. The van der Waals surface area contributed by atoms with E-state index in [0.29, 0.717) is 11.7 Å². The van der Waals surface area contributed by atoms with E-state index in [1.54, 1.807) is 12.1 Å². The highest BCUT2D eigenvalue weighted by atomic mass is 32.1. The molecule has 0 saturated carbocycles. The van der Waals surface area contributed by atoms with Crippen LogP contribution < -0.4 is 10.6 Å². The third-order valence-corrected chi connectivity index (χ3v) is 3.33. The Labute approximate surface area is 123 Å². The molecule has 1 fully saturated rings. The van der Waals surface area contributed by atoms with E-state index in [2.05, 4.69) is 10.6 Å². The molecule has 1 aromatic carbocycles. The summed E-state index contributed by atoms with van der Waals surface area (Å²) in [5.41, 5.74) is 1.60. The number of hydrogen-bond acceptors (Lipinski definition) is 3. The second kappa shape index (κ2) is 7.21. The first-order valence-corrected chi connectivity index (χ1v) is 7.01. The van der Waals surface area contributed by atoms with Gasteiger partial charge in [0.05, 0.1) is 12.5 Å². The molecule has 0 unspecified atom stereocenters. The van der Waals surface area contributed by atoms with E-state index in [1.807, 2.05) is 12.1 Å². The van der Waals surface area contributed by atoms with E-state index in [1.165, 1.54) is 0 Å². The summed E-state index contributed by atoms with van der Waals surface area (Å²) in [4.78, 5) is 10.6. The van der Waals surface area contributed by atoms with Gasteiger partial charge in [-0.25, -0.2) is 0 Å². The van der Waals surface area contributed by atoms with Crippen molar-refractivity contribution in [3.8, 4) is 0 Å². The van der Waals surface area contributed by atoms with E-state index in [9.17, 15) is 4.79 Å². The number of carboxylic acid groups (broad SMARTS) is 1. The highest BCUT2D eigenvalue weighted by Crippen LogP contribution is 2.12. The molecular weight excluding hydrogens is 276 g/mol. The molecule has 1 atom stereocenters. The lowest BCUT2D eigenvalue weighted by Gasteiger charge is -2.14. The first-order chi connectivity index (χ1) is 9.63. The predicted molar refractivity (Wildman–Crippen MR) is 81.0 cm³/mol. The molecule has 1 saturated heterocycles. The van der Waals surface area contributed by atoms with Crippen molar-refractivity contribution in [2.45, 2.75) is 25.4 Å². The first kappa shape index (κ1) is 14.7. The molecule has 1 aromatic rings. The van der Waals surface area contributed by atoms with Crippen molar-refractivity contribution in [2.24, 2.45) is 0 Å². The molecule has 20 heavy (non-hydrogen) atoms. The highest BCUT2D eigenvalue weighted by Gasteiger charge is 2.15. The van der Waals surface area contributed by atoms with Crippen LogP contribution in [0.2, 0.25) is 0 Å². The highest BCUT2D eigenvalue weighted by molar-refractivity contribution is 7.80. The van der Waals surface area contributed by atoms with E-state index in [0.717, 1.165) is 30.7 Å². The fourth-order valence-corrected chi connectivity index (χ4v) is 2.27. The van der Waals surface area contributed by atoms with Gasteiger partial charge in [0.1, 0.15) is 0 Å². The standard InChI is InChI=1S/C14H18N2O3S/c17-13(18)8-10-3-5-11(6-4-10)16-14(20)15-9-12-2-1-7-19-12/h3-6,12H,1-2,7-9H2,(H,17,18)(H2,15,16,20)/t12-/m1/s1. The molecule has 5 nitrogen and oxygen atoms in total. The smallest absolute Gasteiger partial charge is 0.307 e. The van der Waals surface area contributed by atoms with Gasteiger partial charge in [-0.05, 0) is 42.8 Å². The average Bonchev–Trinajstić information content (AvgIpc) is 2.91. The lowest BCUT2D eigenvalue weighted by atomic mass is 10.1. The van der Waals surface area contributed by atoms with Crippen molar-refractivity contribution in [2.75, 3.05) is 18.5 Å². The van der Waals surface area contributed by atoms with Gasteiger partial charge in [0.25, 0.3) is 0 Å². The summed E-state index contributed by atoms with van der Waals surface area (Å²) < 4.78 is 5.50. The number of aliphatic carboxylic acids is 1. The summed E-state index contributed by atoms with van der Waals surface area (Å²) in [5, 5.41) is 15.4. The van der Waals surface area contributed by atoms with Gasteiger partial charge < -0.3 is 20.5 Å². The van der Waals surface area contributed by atoms with Crippen LogP contribution in [0.15, 0.2) is 24.3 Å². The molecule has 0 bridgehead atoms. The minimum Gasteiger partial charge on any atom is -0.481 e. The molecular formula is C14H18N2O3S. The van der Waals surface area contributed by atoms with Crippen molar-refractivity contribution >= 4 is 29.0 Å². The number of ether oxygens (including phenoxy) is 1. The van der Waals surface area contributed by atoms with Crippen molar-refractivity contribution in [3.05, 3.63) is 29.8 Å². The quantitative estimate of drug-likeness (QED) is 0.719. The van der Waals surface area contributed by atoms with Crippen molar-refractivity contribution in [1.82, 2.24) is 5.32 Å². The topological polar surface area (TPSA) is 70.6 Å². The summed E-state index contributed by atoms with van der Waals surface area (Å²) in [7, 11) is 0. The maximum Gasteiger partial charge on any atom is 0.307 e. The monoisotopic (exact) mass is 294 g/mol. The number of hydrogen-bond donors (Lipinski definition) is 3. The summed E-state index contributed by atoms with van der Waals surface area (Å²) in [6.45, 7) is 1.54. The second-order valence-corrected chi connectivity index (χ2v) is 5.15. The van der Waals surface area contributed by atoms with Crippen molar-refractivity contribution in [1.29, 1.82) is 0 Å². The molecule has 2 rings (SSSR count). The molecule has 3 N–H and O–H groups in total. The zero-order valence-corrected chi connectivity index (χ0v) is 11.9. The summed E-state index contributed by atoms with van der Waals surface area (Å²) in [6, 6.07) is 7.19. The third kappa shape index (κ3) is 4.79. The molecule has 1 aliphatic rings. The van der Waals surface area contributed by atoms with Gasteiger partial charge >= 0.3 is 5.97 Å². The Hall–Kier alpha value is -1.66. The number of anilines is 1. The lowest BCUT2D eigenvalue weighted by Crippen LogP contribution is -2.34. The maximum absolute atomic E-state index is 10.6. The number of carbonyl (C=O) groups is 1. The van der Waals surface area contributed by atoms with E-state index < -0.39 is 5.97 Å². The molecule has 1 aliphatic heterocycles. The molecule has 0 aliphatic carbocycles. The fraction of sp³-hybridized carbons (Fsp3) is 0.429. The predicted octanol–water partition coefficient (Wildman–Crippen LogP) is 1.78. The van der Waals surface area contributed by atoms with Crippen LogP contribution in [-0.2, 0) is 16.0 Å². The van der Waals surface area contributed by atoms with Gasteiger partial charge in [-0.1, -0.05) is 12.1 Å². The Morgan fingerprint density at radius 3 is 2.75 bits per heavy atom. The summed E-state index contributed by atoms with van der Waals surface area (Å²) in [5.74, 6) is -0.834. The van der Waals surface area contributed by atoms with E-state index in [4.69, 9.17) is 22.1 Å². The second-order valence-electron chi connectivity index (χ2n) is 4.74. The molecule has 1 heterocycles. The number of nitrogens with one attached hydrogen (secondary N) is 2.